The van der Waals surface area contributed by atoms with Crippen molar-refractivity contribution < 1.29 is 4.79 Å². The first-order chi connectivity index (χ1) is 9.74. The van der Waals surface area contributed by atoms with E-state index in [0.29, 0.717) is 11.4 Å². The third kappa shape index (κ3) is 3.70. The molecule has 1 aromatic rings. The average molecular weight is 276 g/mol. The van der Waals surface area contributed by atoms with Gasteiger partial charge in [-0.15, -0.1) is 0 Å². The molecular formula is C15H24N4O. The molecule has 0 bridgehead atoms. The highest BCUT2D eigenvalue weighted by Gasteiger charge is 2.18. The zero-order chi connectivity index (χ0) is 14.4. The summed E-state index contributed by atoms with van der Waals surface area (Å²) in [7, 11) is 0. The second-order valence-corrected chi connectivity index (χ2v) is 5.33. The van der Waals surface area contributed by atoms with Crippen LogP contribution >= 0.6 is 0 Å². The van der Waals surface area contributed by atoms with Crippen molar-refractivity contribution in [3.8, 4) is 0 Å². The van der Waals surface area contributed by atoms with Crippen LogP contribution in [-0.2, 0) is 6.42 Å². The molecule has 0 aromatic carbocycles. The third-order valence-corrected chi connectivity index (χ3v) is 3.67. The molecule has 0 aliphatic carbocycles. The average Bonchev–Trinajstić information content (AvgIpc) is 2.75. The minimum Gasteiger partial charge on any atom is -0.339 e. The molecule has 5 heteroatoms. The number of rotatable bonds is 4. The van der Waals surface area contributed by atoms with E-state index in [1.165, 1.54) is 12.8 Å². The lowest BCUT2D eigenvalue weighted by atomic mass is 10.1. The number of aryl methyl sites for hydroxylation is 1. The SMILES string of the molecule is CCCc1cc(C(=O)N2CCCCCC2)cc(NN)n1. The maximum Gasteiger partial charge on any atom is 0.254 e. The van der Waals surface area contributed by atoms with Gasteiger partial charge in [-0.25, -0.2) is 10.8 Å². The molecule has 0 atom stereocenters. The van der Waals surface area contributed by atoms with E-state index in [1.807, 2.05) is 11.0 Å². The molecule has 1 amide bonds. The monoisotopic (exact) mass is 276 g/mol. The minimum absolute atomic E-state index is 0.100. The molecule has 1 aliphatic rings. The number of nitrogen functional groups attached to an aromatic ring is 1. The summed E-state index contributed by atoms with van der Waals surface area (Å²) in [6.07, 6.45) is 6.49. The fourth-order valence-electron chi connectivity index (χ4n) is 2.63. The van der Waals surface area contributed by atoms with Gasteiger partial charge in [0.2, 0.25) is 0 Å². The molecule has 1 fully saturated rings. The molecule has 20 heavy (non-hydrogen) atoms. The molecule has 1 aromatic heterocycles. The minimum atomic E-state index is 0.100. The molecule has 3 N–H and O–H groups in total. The number of carbonyl (C=O) groups excluding carboxylic acids is 1. The first kappa shape index (κ1) is 14.8. The normalized spacial score (nSPS) is 15.8. The van der Waals surface area contributed by atoms with Crippen LogP contribution in [0.2, 0.25) is 0 Å². The predicted octanol–water partition coefficient (Wildman–Crippen LogP) is 2.34. The van der Waals surface area contributed by atoms with E-state index in [-0.39, 0.29) is 5.91 Å². The van der Waals surface area contributed by atoms with Gasteiger partial charge >= 0.3 is 0 Å². The van der Waals surface area contributed by atoms with Gasteiger partial charge in [-0.1, -0.05) is 26.2 Å². The highest BCUT2D eigenvalue weighted by atomic mass is 16.2. The van der Waals surface area contributed by atoms with Gasteiger partial charge in [0.1, 0.15) is 5.82 Å². The van der Waals surface area contributed by atoms with Crippen LogP contribution in [0.1, 0.15) is 55.1 Å². The van der Waals surface area contributed by atoms with E-state index in [2.05, 4.69) is 17.3 Å². The van der Waals surface area contributed by atoms with Gasteiger partial charge < -0.3 is 10.3 Å². The number of nitrogens with two attached hydrogens (primary N) is 1. The first-order valence-corrected chi connectivity index (χ1v) is 7.51. The number of nitrogens with zero attached hydrogens (tertiary/aromatic N) is 2. The fraction of sp³-hybridized carbons (Fsp3) is 0.600. The van der Waals surface area contributed by atoms with Gasteiger partial charge in [0.25, 0.3) is 5.91 Å². The third-order valence-electron chi connectivity index (χ3n) is 3.67. The van der Waals surface area contributed by atoms with E-state index in [1.54, 1.807) is 6.07 Å². The lowest BCUT2D eigenvalue weighted by Crippen LogP contribution is -2.32. The summed E-state index contributed by atoms with van der Waals surface area (Å²) >= 11 is 0. The summed E-state index contributed by atoms with van der Waals surface area (Å²) in [5.74, 6) is 6.11. The maximum absolute atomic E-state index is 12.6. The molecule has 110 valence electrons. The van der Waals surface area contributed by atoms with Crippen molar-refractivity contribution in [1.82, 2.24) is 9.88 Å². The Hall–Kier alpha value is -1.62. The number of aromatic nitrogens is 1. The van der Waals surface area contributed by atoms with Crippen molar-refractivity contribution in [2.75, 3.05) is 18.5 Å². The summed E-state index contributed by atoms with van der Waals surface area (Å²) in [6.45, 7) is 3.81. The van der Waals surface area contributed by atoms with E-state index in [9.17, 15) is 4.79 Å². The molecule has 2 rings (SSSR count). The van der Waals surface area contributed by atoms with Crippen molar-refractivity contribution in [1.29, 1.82) is 0 Å². The van der Waals surface area contributed by atoms with Crippen LogP contribution in [0, 0.1) is 0 Å². The van der Waals surface area contributed by atoms with Crippen LogP contribution in [0.25, 0.3) is 0 Å². The van der Waals surface area contributed by atoms with Gasteiger partial charge in [0, 0.05) is 24.3 Å². The Labute approximate surface area is 120 Å². The smallest absolute Gasteiger partial charge is 0.254 e. The lowest BCUT2D eigenvalue weighted by Gasteiger charge is -2.21. The number of likely N-dealkylation sites (tertiary alicyclic amines) is 1. The molecule has 0 radical (unpaired) electrons. The number of anilines is 1. The molecule has 1 saturated heterocycles. The lowest BCUT2D eigenvalue weighted by molar-refractivity contribution is 0.0761. The Balaban J connectivity index is 2.20. The largest absolute Gasteiger partial charge is 0.339 e. The van der Waals surface area contributed by atoms with E-state index < -0.39 is 0 Å². The van der Waals surface area contributed by atoms with Crippen LogP contribution in [-0.4, -0.2) is 28.9 Å². The number of nitrogens with one attached hydrogen (secondary N) is 1. The quantitative estimate of drug-likeness (QED) is 0.654. The van der Waals surface area contributed by atoms with Gasteiger partial charge in [0.05, 0.1) is 0 Å². The number of hydrogen-bond donors (Lipinski definition) is 2. The summed E-state index contributed by atoms with van der Waals surface area (Å²) in [4.78, 5) is 18.9. The van der Waals surface area contributed by atoms with Crippen LogP contribution in [0.5, 0.6) is 0 Å². The van der Waals surface area contributed by atoms with Gasteiger partial charge in [-0.2, -0.15) is 0 Å². The summed E-state index contributed by atoms with van der Waals surface area (Å²) in [6, 6.07) is 3.64. The number of amides is 1. The van der Waals surface area contributed by atoms with Gasteiger partial charge in [-0.05, 0) is 31.4 Å². The molecular weight excluding hydrogens is 252 g/mol. The van der Waals surface area contributed by atoms with Crippen molar-refractivity contribution in [2.45, 2.75) is 45.4 Å². The van der Waals surface area contributed by atoms with E-state index in [4.69, 9.17) is 5.84 Å². The number of hydrogen-bond acceptors (Lipinski definition) is 4. The van der Waals surface area contributed by atoms with Gasteiger partial charge in [-0.3, -0.25) is 4.79 Å². The highest BCUT2D eigenvalue weighted by Crippen LogP contribution is 2.17. The topological polar surface area (TPSA) is 71.2 Å². The summed E-state index contributed by atoms with van der Waals surface area (Å²) in [5.41, 5.74) is 4.17. The molecule has 2 heterocycles. The number of carbonyl (C=O) groups is 1. The first-order valence-electron chi connectivity index (χ1n) is 7.51. The summed E-state index contributed by atoms with van der Waals surface area (Å²) in [5, 5.41) is 0. The second kappa shape index (κ2) is 7.24. The Morgan fingerprint density at radius 3 is 2.60 bits per heavy atom. The Morgan fingerprint density at radius 2 is 2.00 bits per heavy atom. The van der Waals surface area contributed by atoms with Crippen molar-refractivity contribution in [3.63, 3.8) is 0 Å². The molecule has 0 spiro atoms. The zero-order valence-corrected chi connectivity index (χ0v) is 12.2. The number of hydrazine groups is 1. The maximum atomic E-state index is 12.6. The fourth-order valence-corrected chi connectivity index (χ4v) is 2.63. The van der Waals surface area contributed by atoms with Crippen molar-refractivity contribution >= 4 is 11.7 Å². The van der Waals surface area contributed by atoms with E-state index in [0.717, 1.165) is 44.5 Å². The van der Waals surface area contributed by atoms with Crippen LogP contribution in [0.15, 0.2) is 12.1 Å². The molecule has 0 unspecified atom stereocenters. The Bertz CT molecular complexity index is 453. The number of pyridine rings is 1. The summed E-state index contributed by atoms with van der Waals surface area (Å²) < 4.78 is 0. The standard InChI is InChI=1S/C15H24N4O/c1-2-7-13-10-12(11-14(17-13)18-16)15(20)19-8-5-3-4-6-9-19/h10-11H,2-9,16H2,1H3,(H,17,18). The van der Waals surface area contributed by atoms with E-state index >= 15 is 0 Å². The van der Waals surface area contributed by atoms with Crippen molar-refractivity contribution in [2.24, 2.45) is 5.84 Å². The van der Waals surface area contributed by atoms with Crippen LogP contribution < -0.4 is 11.3 Å². The van der Waals surface area contributed by atoms with Crippen LogP contribution in [0.3, 0.4) is 0 Å². The van der Waals surface area contributed by atoms with Crippen LogP contribution in [0.4, 0.5) is 5.82 Å². The molecule has 5 nitrogen and oxygen atoms in total. The Kier molecular flexibility index (Phi) is 5.35. The zero-order valence-electron chi connectivity index (χ0n) is 12.2. The second-order valence-electron chi connectivity index (χ2n) is 5.33. The predicted molar refractivity (Wildman–Crippen MR) is 80.4 cm³/mol. The molecule has 1 aliphatic heterocycles. The van der Waals surface area contributed by atoms with Gasteiger partial charge in [0.15, 0.2) is 0 Å². The Morgan fingerprint density at radius 1 is 1.30 bits per heavy atom. The van der Waals surface area contributed by atoms with Crippen molar-refractivity contribution in [3.05, 3.63) is 23.4 Å². The highest BCUT2D eigenvalue weighted by molar-refractivity contribution is 5.95. The molecule has 0 saturated carbocycles.